The van der Waals surface area contributed by atoms with E-state index in [1.54, 1.807) is 85.5 Å². The molecule has 9 aromatic rings. The van der Waals surface area contributed by atoms with Gasteiger partial charge >= 0.3 is 28.8 Å². The first-order chi connectivity index (χ1) is 35.4. The summed E-state index contributed by atoms with van der Waals surface area (Å²) in [5, 5.41) is 34.8. The first-order valence-electron chi connectivity index (χ1n) is 21.3. The lowest BCUT2D eigenvalue weighted by Crippen LogP contribution is -2.11. The summed E-state index contributed by atoms with van der Waals surface area (Å²) >= 11 is 0. The Hall–Kier alpha value is -7.85. The number of nitrogens with zero attached hydrogens (tertiary/aromatic N) is 9. The summed E-state index contributed by atoms with van der Waals surface area (Å²) in [6, 6.07) is 33.5. The molecule has 376 valence electrons. The molecule has 0 amide bonds. The fraction of sp³-hybridized carbons (Fsp3) is 0.0417. The largest absolute Gasteiger partial charge is 0.478 e. The fourth-order valence-electron chi connectivity index (χ4n) is 6.57. The number of carbonyl (C=O) groups is 1. The molecule has 26 heteroatoms. The van der Waals surface area contributed by atoms with E-state index < -0.39 is 28.8 Å². The summed E-state index contributed by atoms with van der Waals surface area (Å²) in [6.07, 6.45) is 9.21. The van der Waals surface area contributed by atoms with Gasteiger partial charge in [0.25, 0.3) is 0 Å². The molecule has 0 radical (unpaired) electrons. The van der Waals surface area contributed by atoms with Gasteiger partial charge in [-0.15, -0.1) is 14.0 Å². The number of rotatable bonds is 13. The van der Waals surface area contributed by atoms with E-state index in [1.807, 2.05) is 32.0 Å². The van der Waals surface area contributed by atoms with Gasteiger partial charge in [0.1, 0.15) is 0 Å². The molecule has 9 heterocycles. The average Bonchev–Trinajstić information content (AvgIpc) is 3.43. The Labute approximate surface area is 419 Å². The Morgan fingerprint density at radius 2 is 0.676 bits per heavy atom. The van der Waals surface area contributed by atoms with Crippen LogP contribution in [0.1, 0.15) is 21.5 Å². The molecule has 9 rings (SSSR count). The number of hydrogen-bond acceptors (Lipinski definition) is 19. The lowest BCUT2D eigenvalue weighted by molar-refractivity contribution is -0.143. The standard InChI is InChI=1S/C16H15N3O8P2.C16H14N3O4P.C16H11N3O2/c1-10-2-4-17-13(6-10)15-8-12(29(24,25)27-21)9-16(19-15)14-7-11(3-5-18-14)28(22,23)26-20;1-11-5-7-18-14(8-11)16-10-12(24(21,22)23-20)9-15(19-16)13-4-2-3-6-17-13;20-16(21)11-9-14(12-5-1-3-7-17-12)19-15(10-11)13-6-2-4-8-18-13/h2-9,20-21H,1H3,(H,22,23)(H,24,25);2-10,20H,1H3,(H,21,22);1-10H,(H,20,21). The van der Waals surface area contributed by atoms with Crippen molar-refractivity contribution in [2.45, 2.75) is 13.8 Å². The Morgan fingerprint density at radius 1 is 0.378 bits per heavy atom. The monoisotopic (exact) mass is 1060 g/mol. The predicted octanol–water partition coefficient (Wildman–Crippen LogP) is 7.83. The molecule has 0 aliphatic rings. The van der Waals surface area contributed by atoms with Crippen LogP contribution >= 0.6 is 22.8 Å². The van der Waals surface area contributed by atoms with Crippen molar-refractivity contribution in [2.75, 3.05) is 0 Å². The SMILES string of the molecule is Cc1ccnc(-c2cc(P(=O)(O)OO)cc(-c3cc(P(=O)(O)OO)ccn3)n2)c1.Cc1ccnc(-c2cc(P(=O)(O)OO)cc(-c3ccccn3)n2)c1.O=C(O)c1cc(-c2ccccn2)nc(-c2ccccn2)c1. The number of aryl methyl sites for hydroxylation is 2. The van der Waals surface area contributed by atoms with Crippen molar-refractivity contribution in [3.63, 3.8) is 0 Å². The molecule has 0 aliphatic heterocycles. The second kappa shape index (κ2) is 23.8. The van der Waals surface area contributed by atoms with Gasteiger partial charge in [-0.1, -0.05) is 18.2 Å². The molecule has 0 bridgehead atoms. The van der Waals surface area contributed by atoms with E-state index in [9.17, 15) is 38.3 Å². The summed E-state index contributed by atoms with van der Waals surface area (Å²) in [5.41, 5.74) is 6.65. The van der Waals surface area contributed by atoms with E-state index in [4.69, 9.17) is 15.8 Å². The number of hydrogen-bond donors (Lipinski definition) is 7. The van der Waals surface area contributed by atoms with Crippen LogP contribution in [-0.2, 0) is 27.7 Å². The van der Waals surface area contributed by atoms with E-state index in [0.29, 0.717) is 51.2 Å². The van der Waals surface area contributed by atoms with Crippen LogP contribution in [0.15, 0.2) is 165 Å². The first-order valence-corrected chi connectivity index (χ1v) is 26.0. The molecule has 0 fully saturated rings. The molecule has 0 saturated carbocycles. The predicted molar refractivity (Wildman–Crippen MR) is 268 cm³/mol. The molecule has 23 nitrogen and oxygen atoms in total. The van der Waals surface area contributed by atoms with Gasteiger partial charge in [-0.2, -0.15) is 0 Å². The average molecular weight is 1060 g/mol. The second-order valence-electron chi connectivity index (χ2n) is 15.4. The molecule has 74 heavy (non-hydrogen) atoms. The Balaban J connectivity index is 0.000000164. The normalized spacial score (nSPS) is 13.4. The van der Waals surface area contributed by atoms with Crippen LogP contribution in [0.3, 0.4) is 0 Å². The Kier molecular flexibility index (Phi) is 17.3. The van der Waals surface area contributed by atoms with Gasteiger partial charge in [-0.05, 0) is 134 Å². The van der Waals surface area contributed by atoms with Crippen molar-refractivity contribution in [3.05, 3.63) is 181 Å². The van der Waals surface area contributed by atoms with Gasteiger partial charge in [0.15, 0.2) is 0 Å². The summed E-state index contributed by atoms with van der Waals surface area (Å²) in [4.78, 5) is 79.0. The maximum absolute atomic E-state index is 12.2. The molecule has 3 unspecified atom stereocenters. The highest BCUT2D eigenvalue weighted by molar-refractivity contribution is 7.61. The van der Waals surface area contributed by atoms with Gasteiger partial charge in [0, 0.05) is 37.2 Å². The molecular weight excluding hydrogens is 1020 g/mol. The van der Waals surface area contributed by atoms with Crippen LogP contribution in [0.2, 0.25) is 0 Å². The highest BCUT2D eigenvalue weighted by Gasteiger charge is 2.28. The van der Waals surface area contributed by atoms with Gasteiger partial charge in [-0.25, -0.2) is 35.5 Å². The van der Waals surface area contributed by atoms with Crippen molar-refractivity contribution in [2.24, 2.45) is 0 Å². The Morgan fingerprint density at radius 3 is 1.00 bits per heavy atom. The maximum atomic E-state index is 12.2. The third kappa shape index (κ3) is 13.6. The number of carboxylic acids is 1. The van der Waals surface area contributed by atoms with Crippen LogP contribution in [0.4, 0.5) is 0 Å². The minimum atomic E-state index is -4.59. The van der Waals surface area contributed by atoms with Gasteiger partial charge in [0.05, 0.1) is 89.8 Å². The highest BCUT2D eigenvalue weighted by Crippen LogP contribution is 2.43. The topological polar surface area (TPSA) is 354 Å². The first kappa shape index (κ1) is 53.9. The molecule has 7 N–H and O–H groups in total. The van der Waals surface area contributed by atoms with Crippen LogP contribution < -0.4 is 15.9 Å². The third-order valence-electron chi connectivity index (χ3n) is 10.1. The van der Waals surface area contributed by atoms with Crippen molar-refractivity contribution < 1.29 is 68.1 Å². The fourth-order valence-corrected chi connectivity index (χ4v) is 8.54. The quantitative estimate of drug-likeness (QED) is 0.0328. The zero-order chi connectivity index (χ0) is 53.0. The minimum Gasteiger partial charge on any atom is -0.478 e. The summed E-state index contributed by atoms with van der Waals surface area (Å²) in [6.45, 7) is 3.73. The van der Waals surface area contributed by atoms with Crippen molar-refractivity contribution in [1.29, 1.82) is 0 Å². The minimum absolute atomic E-state index is 0.0203. The second-order valence-corrected chi connectivity index (χ2v) is 20.6. The van der Waals surface area contributed by atoms with E-state index in [0.717, 1.165) is 29.3 Å². The van der Waals surface area contributed by atoms with Crippen LogP contribution in [-0.4, -0.2) is 86.4 Å². The number of aromatic carboxylic acids is 1. The number of aromatic nitrogens is 9. The van der Waals surface area contributed by atoms with E-state index >= 15 is 0 Å². The summed E-state index contributed by atoms with van der Waals surface area (Å²) < 4.78 is 47.2. The van der Waals surface area contributed by atoms with E-state index in [-0.39, 0.29) is 38.6 Å². The molecule has 3 atom stereocenters. The van der Waals surface area contributed by atoms with E-state index in [1.165, 1.54) is 42.7 Å². The molecule has 0 saturated heterocycles. The molecule has 0 spiro atoms. The van der Waals surface area contributed by atoms with Crippen molar-refractivity contribution >= 4 is 44.7 Å². The van der Waals surface area contributed by atoms with E-state index in [2.05, 4.69) is 58.9 Å². The number of pyridine rings is 9. The van der Waals surface area contributed by atoms with Crippen molar-refractivity contribution in [1.82, 2.24) is 44.9 Å². The summed E-state index contributed by atoms with van der Waals surface area (Å²) in [7, 11) is -13.5. The Bertz CT molecular complexity index is 3530. The zero-order valence-electron chi connectivity index (χ0n) is 38.4. The number of carboxylic acid groups (broad SMARTS) is 1. The highest BCUT2D eigenvalue weighted by atomic mass is 31.2. The molecular formula is C48H40N9O14P3. The zero-order valence-corrected chi connectivity index (χ0v) is 41.1. The van der Waals surface area contributed by atoms with Gasteiger partial charge in [0.2, 0.25) is 0 Å². The van der Waals surface area contributed by atoms with Gasteiger partial charge in [-0.3, -0.25) is 43.6 Å². The molecule has 9 aromatic heterocycles. The third-order valence-corrected chi connectivity index (χ3v) is 13.6. The summed E-state index contributed by atoms with van der Waals surface area (Å²) in [5.74, 6) is -1.01. The lowest BCUT2D eigenvalue weighted by atomic mass is 10.1. The molecule has 0 aromatic carbocycles. The van der Waals surface area contributed by atoms with Crippen molar-refractivity contribution in [3.8, 4) is 68.3 Å². The lowest BCUT2D eigenvalue weighted by Gasteiger charge is -2.12. The van der Waals surface area contributed by atoms with Gasteiger partial charge < -0.3 is 19.8 Å². The van der Waals surface area contributed by atoms with Crippen LogP contribution in [0, 0.1) is 13.8 Å². The van der Waals surface area contributed by atoms with Crippen LogP contribution in [0.5, 0.6) is 0 Å². The smallest absolute Gasteiger partial charge is 0.385 e. The molecule has 0 aliphatic carbocycles. The maximum Gasteiger partial charge on any atom is 0.385 e. The van der Waals surface area contributed by atoms with Crippen LogP contribution in [0.25, 0.3) is 68.3 Å².